The average Bonchev–Trinajstić information content (AvgIpc) is 3.34. The summed E-state index contributed by atoms with van der Waals surface area (Å²) in [5.41, 5.74) is 8.77. The third kappa shape index (κ3) is 4.62. The summed E-state index contributed by atoms with van der Waals surface area (Å²) >= 11 is 5.85. The molecule has 6 heteroatoms. The van der Waals surface area contributed by atoms with Crippen LogP contribution in [0.5, 0.6) is 0 Å². The smallest absolute Gasteiger partial charge is 0.258 e. The number of rotatable bonds is 5. The highest BCUT2D eigenvalue weighted by molar-refractivity contribution is 7.80. The van der Waals surface area contributed by atoms with Crippen molar-refractivity contribution in [3.05, 3.63) is 112 Å². The van der Waals surface area contributed by atoms with E-state index in [0.717, 1.165) is 28.0 Å². The van der Waals surface area contributed by atoms with Gasteiger partial charge in [-0.25, -0.2) is 0 Å². The Hall–Kier alpha value is -3.77. The number of nitrogens with one attached hydrogen (secondary N) is 1. The normalized spacial score (nSPS) is 15.9. The number of nitrogens with zero attached hydrogens (tertiary/aromatic N) is 3. The zero-order chi connectivity index (χ0) is 24.5. The summed E-state index contributed by atoms with van der Waals surface area (Å²) in [6, 6.07) is 24.7. The minimum atomic E-state index is -0.195. The van der Waals surface area contributed by atoms with Crippen molar-refractivity contribution in [3.63, 3.8) is 0 Å². The van der Waals surface area contributed by atoms with E-state index in [1.807, 2.05) is 30.3 Å². The fourth-order valence-electron chi connectivity index (χ4n) is 4.44. The highest BCUT2D eigenvalue weighted by atomic mass is 32.1. The third-order valence-electron chi connectivity index (χ3n) is 6.58. The van der Waals surface area contributed by atoms with Crippen LogP contribution in [0.3, 0.4) is 0 Å². The lowest BCUT2D eigenvalue weighted by Gasteiger charge is -2.37. The molecule has 1 aliphatic heterocycles. The Morgan fingerprint density at radius 3 is 2.46 bits per heavy atom. The van der Waals surface area contributed by atoms with E-state index in [9.17, 15) is 0 Å². The molecule has 35 heavy (non-hydrogen) atoms. The molecule has 0 saturated carbocycles. The molecular weight excluding hydrogens is 452 g/mol. The molecule has 0 bridgehead atoms. The highest BCUT2D eigenvalue weighted by Crippen LogP contribution is 2.38. The van der Waals surface area contributed by atoms with Crippen molar-refractivity contribution in [2.75, 3.05) is 0 Å². The molecule has 5 nitrogen and oxygen atoms in total. The van der Waals surface area contributed by atoms with Gasteiger partial charge in [-0.15, -0.1) is 0 Å². The summed E-state index contributed by atoms with van der Waals surface area (Å²) in [7, 11) is 0. The van der Waals surface area contributed by atoms with Gasteiger partial charge in [-0.3, -0.25) is 0 Å². The summed E-state index contributed by atoms with van der Waals surface area (Å²) in [4.78, 5) is 6.94. The lowest BCUT2D eigenvalue weighted by molar-refractivity contribution is 0.396. The van der Waals surface area contributed by atoms with E-state index in [0.29, 0.717) is 23.4 Å². The van der Waals surface area contributed by atoms with Gasteiger partial charge in [-0.1, -0.05) is 77.5 Å². The fraction of sp³-hybridized carbons (Fsp3) is 0.207. The topological polar surface area (TPSA) is 54.2 Å². The lowest BCUT2D eigenvalue weighted by atomic mass is 9.92. The standard InChI is InChI=1S/C29H28N4OS/c1-18-9-8-12-24(15-18)27-31-28(34-32-27)25-21(4)33(17-22-10-6-5-7-11-22)29(35)30-26(25)23-14-13-19(2)20(3)16-23/h5-16,26H,17H2,1-4H3,(H,30,35). The van der Waals surface area contributed by atoms with Crippen molar-refractivity contribution in [3.8, 4) is 11.4 Å². The first-order chi connectivity index (χ1) is 16.9. The van der Waals surface area contributed by atoms with Gasteiger partial charge in [-0.05, 0) is 68.2 Å². The predicted octanol–water partition coefficient (Wildman–Crippen LogP) is 6.52. The minimum Gasteiger partial charge on any atom is -0.351 e. The number of aromatic nitrogens is 2. The zero-order valence-electron chi connectivity index (χ0n) is 20.4. The first-order valence-electron chi connectivity index (χ1n) is 11.7. The molecule has 0 spiro atoms. The molecule has 3 aromatic carbocycles. The van der Waals surface area contributed by atoms with Crippen molar-refractivity contribution in [2.24, 2.45) is 0 Å². The van der Waals surface area contributed by atoms with Gasteiger partial charge in [0.2, 0.25) is 5.82 Å². The molecule has 1 atom stereocenters. The Bertz CT molecular complexity index is 1420. The van der Waals surface area contributed by atoms with Crippen LogP contribution in [0.2, 0.25) is 0 Å². The second-order valence-electron chi connectivity index (χ2n) is 9.09. The average molecular weight is 481 g/mol. The van der Waals surface area contributed by atoms with Crippen LogP contribution in [-0.4, -0.2) is 20.2 Å². The van der Waals surface area contributed by atoms with Crippen molar-refractivity contribution in [1.29, 1.82) is 0 Å². The number of hydrogen-bond donors (Lipinski definition) is 1. The van der Waals surface area contributed by atoms with Crippen LogP contribution < -0.4 is 5.32 Å². The molecule has 0 saturated heterocycles. The molecule has 0 radical (unpaired) electrons. The first-order valence-corrected chi connectivity index (χ1v) is 12.1. The van der Waals surface area contributed by atoms with Gasteiger partial charge in [0, 0.05) is 17.8 Å². The summed E-state index contributed by atoms with van der Waals surface area (Å²) in [5, 5.41) is 8.56. The van der Waals surface area contributed by atoms with Gasteiger partial charge in [0.15, 0.2) is 5.11 Å². The van der Waals surface area contributed by atoms with Gasteiger partial charge < -0.3 is 14.7 Å². The molecule has 1 aliphatic rings. The van der Waals surface area contributed by atoms with E-state index in [-0.39, 0.29) is 6.04 Å². The fourth-order valence-corrected chi connectivity index (χ4v) is 4.76. The van der Waals surface area contributed by atoms with Crippen LogP contribution in [0.4, 0.5) is 0 Å². The number of allylic oxidation sites excluding steroid dienone is 1. The Balaban J connectivity index is 1.62. The number of aryl methyl sites for hydroxylation is 3. The molecule has 176 valence electrons. The van der Waals surface area contributed by atoms with Crippen LogP contribution in [0.15, 0.2) is 83.0 Å². The second-order valence-corrected chi connectivity index (χ2v) is 9.48. The van der Waals surface area contributed by atoms with Crippen molar-refractivity contribution in [1.82, 2.24) is 20.4 Å². The maximum absolute atomic E-state index is 5.88. The molecule has 0 fully saturated rings. The Morgan fingerprint density at radius 2 is 1.71 bits per heavy atom. The van der Waals surface area contributed by atoms with Crippen LogP contribution in [0.1, 0.15) is 46.7 Å². The monoisotopic (exact) mass is 480 g/mol. The van der Waals surface area contributed by atoms with Crippen molar-refractivity contribution >= 4 is 22.9 Å². The summed E-state index contributed by atoms with van der Waals surface area (Å²) in [5.74, 6) is 1.07. The molecule has 0 aliphatic carbocycles. The molecule has 0 amide bonds. The summed E-state index contributed by atoms with van der Waals surface area (Å²) in [6.45, 7) is 9.03. The Kier molecular flexibility index (Phi) is 6.22. The van der Waals surface area contributed by atoms with Gasteiger partial charge in [-0.2, -0.15) is 4.98 Å². The van der Waals surface area contributed by atoms with Crippen molar-refractivity contribution in [2.45, 2.75) is 40.3 Å². The second kappa shape index (κ2) is 9.47. The van der Waals surface area contributed by atoms with E-state index in [2.05, 4.69) is 85.5 Å². The number of hydrogen-bond acceptors (Lipinski definition) is 4. The minimum absolute atomic E-state index is 0.195. The molecular formula is C29H28N4OS. The summed E-state index contributed by atoms with van der Waals surface area (Å²) < 4.78 is 5.88. The van der Waals surface area contributed by atoms with Crippen LogP contribution in [-0.2, 0) is 6.54 Å². The maximum atomic E-state index is 5.88. The SMILES string of the molecule is CC1=C(c2nc(-c3cccc(C)c3)no2)C(c2ccc(C)c(C)c2)NC(=S)N1Cc1ccccc1. The third-order valence-corrected chi connectivity index (χ3v) is 6.92. The first kappa shape index (κ1) is 23.0. The van der Waals surface area contributed by atoms with Crippen LogP contribution in [0, 0.1) is 20.8 Å². The van der Waals surface area contributed by atoms with Crippen LogP contribution in [0.25, 0.3) is 17.0 Å². The van der Waals surface area contributed by atoms with E-state index >= 15 is 0 Å². The van der Waals surface area contributed by atoms with Crippen LogP contribution >= 0.6 is 12.2 Å². The predicted molar refractivity (Wildman–Crippen MR) is 143 cm³/mol. The zero-order valence-corrected chi connectivity index (χ0v) is 21.2. The van der Waals surface area contributed by atoms with Crippen molar-refractivity contribution < 1.29 is 4.52 Å². The number of benzene rings is 3. The quantitative estimate of drug-likeness (QED) is 0.328. The largest absolute Gasteiger partial charge is 0.351 e. The molecule has 1 N–H and O–H groups in total. The lowest BCUT2D eigenvalue weighted by Crippen LogP contribution is -2.45. The Morgan fingerprint density at radius 1 is 0.914 bits per heavy atom. The maximum Gasteiger partial charge on any atom is 0.258 e. The van der Waals surface area contributed by atoms with Gasteiger partial charge in [0.25, 0.3) is 5.89 Å². The van der Waals surface area contributed by atoms with E-state index in [4.69, 9.17) is 21.7 Å². The van der Waals surface area contributed by atoms with E-state index in [1.54, 1.807) is 0 Å². The summed E-state index contributed by atoms with van der Waals surface area (Å²) in [6.07, 6.45) is 0. The molecule has 4 aromatic rings. The van der Waals surface area contributed by atoms with E-state index < -0.39 is 0 Å². The van der Waals surface area contributed by atoms with E-state index in [1.165, 1.54) is 16.7 Å². The molecule has 1 aromatic heterocycles. The Labute approximate surface area is 211 Å². The highest BCUT2D eigenvalue weighted by Gasteiger charge is 2.34. The van der Waals surface area contributed by atoms with Gasteiger partial charge in [0.05, 0.1) is 11.6 Å². The number of thiocarbonyl (C=S) groups is 1. The van der Waals surface area contributed by atoms with Gasteiger partial charge in [0.1, 0.15) is 0 Å². The molecule has 5 rings (SSSR count). The van der Waals surface area contributed by atoms with Gasteiger partial charge >= 0.3 is 0 Å². The molecule has 1 unspecified atom stereocenters. The molecule has 2 heterocycles.